The molecule has 0 saturated carbocycles. The van der Waals surface area contributed by atoms with Crippen molar-refractivity contribution in [1.29, 1.82) is 0 Å². The van der Waals surface area contributed by atoms with Crippen LogP contribution in [0.15, 0.2) is 134 Å². The molecule has 0 fully saturated rings. The number of carbonyl (C=O) groups excluding carboxylic acids is 3. The number of rotatable bonds is 90. The van der Waals surface area contributed by atoms with Crippen molar-refractivity contribution >= 4 is 33.6 Å². The Morgan fingerprint density at radius 2 is 0.453 bits per heavy atom. The molecule has 0 aromatic carbocycles. The average Bonchev–Trinajstić information content (AvgIpc) is 0.908. The SMILES string of the molecule is CC/C=C\C/C=C\C/C=C\CCCCCCCC(=O)OC(COC(=O)CCCCCCCCCCCCCCCCCCC/C=C\C/C=C\C/C=C\C/C=C\CCCCC)COP(=O)(O)OCC(O)COP(=O)(O)OCC(O)COC(=O)CCCCCCCCCCCCCCCCCCC/C=C\C/C=C\C/C=C\C/C=C\CCCCC. The van der Waals surface area contributed by atoms with Crippen LogP contribution in [0.4, 0.5) is 0 Å². The molecule has 18 heteroatoms. The van der Waals surface area contributed by atoms with E-state index in [0.29, 0.717) is 19.3 Å². The molecule has 0 bridgehead atoms. The van der Waals surface area contributed by atoms with Gasteiger partial charge in [0.05, 0.1) is 26.4 Å². The number of esters is 3. The van der Waals surface area contributed by atoms with Crippen LogP contribution in [0.3, 0.4) is 0 Å². The normalized spacial score (nSPS) is 14.4. The van der Waals surface area contributed by atoms with Gasteiger partial charge in [0, 0.05) is 19.3 Å². The lowest BCUT2D eigenvalue weighted by molar-refractivity contribution is -0.161. The number of unbranched alkanes of at least 4 members (excludes halogenated alkanes) is 45. The van der Waals surface area contributed by atoms with Gasteiger partial charge in [-0.1, -0.05) is 392 Å². The van der Waals surface area contributed by atoms with Crippen molar-refractivity contribution < 1.29 is 75.8 Å². The molecular weight excluding hydrogens is 1510 g/mol. The van der Waals surface area contributed by atoms with Gasteiger partial charge in [0.2, 0.25) is 0 Å². The first-order valence-electron chi connectivity index (χ1n) is 47.5. The molecule has 5 unspecified atom stereocenters. The van der Waals surface area contributed by atoms with Crippen LogP contribution in [0.1, 0.15) is 419 Å². The summed E-state index contributed by atoms with van der Waals surface area (Å²) < 4.78 is 61.4. The lowest BCUT2D eigenvalue weighted by Crippen LogP contribution is -2.30. The summed E-state index contributed by atoms with van der Waals surface area (Å²) in [4.78, 5) is 58.9. The third-order valence-electron chi connectivity index (χ3n) is 20.3. The van der Waals surface area contributed by atoms with E-state index in [-0.39, 0.29) is 19.3 Å². The van der Waals surface area contributed by atoms with Gasteiger partial charge in [-0.15, -0.1) is 0 Å². The molecule has 0 heterocycles. The zero-order valence-corrected chi connectivity index (χ0v) is 76.4. The van der Waals surface area contributed by atoms with Crippen LogP contribution in [0.25, 0.3) is 0 Å². The Balaban J connectivity index is 4.42. The van der Waals surface area contributed by atoms with Crippen molar-refractivity contribution in [2.45, 2.75) is 437 Å². The number of carbonyl (C=O) groups is 3. The van der Waals surface area contributed by atoms with Crippen LogP contribution in [-0.2, 0) is 55.8 Å². The fourth-order valence-electron chi connectivity index (χ4n) is 13.1. The van der Waals surface area contributed by atoms with E-state index in [1.165, 1.54) is 231 Å². The summed E-state index contributed by atoms with van der Waals surface area (Å²) in [6.07, 6.45) is 114. The molecule has 16 nitrogen and oxygen atoms in total. The van der Waals surface area contributed by atoms with Gasteiger partial charge in [0.15, 0.2) is 6.10 Å². The molecule has 0 aliphatic rings. The van der Waals surface area contributed by atoms with Crippen molar-refractivity contribution in [1.82, 2.24) is 0 Å². The second kappa shape index (κ2) is 90.9. The maximum Gasteiger partial charge on any atom is 0.472 e. The lowest BCUT2D eigenvalue weighted by atomic mass is 10.0. The molecule has 676 valence electrons. The summed E-state index contributed by atoms with van der Waals surface area (Å²) in [6, 6.07) is 0. The highest BCUT2D eigenvalue weighted by atomic mass is 31.2. The van der Waals surface area contributed by atoms with E-state index in [1.807, 2.05) is 0 Å². The van der Waals surface area contributed by atoms with E-state index in [9.17, 15) is 43.5 Å². The molecule has 0 radical (unpaired) electrons. The van der Waals surface area contributed by atoms with E-state index in [0.717, 1.165) is 128 Å². The maximum atomic E-state index is 13.0. The molecule has 0 spiro atoms. The van der Waals surface area contributed by atoms with Crippen molar-refractivity contribution in [3.05, 3.63) is 134 Å². The summed E-state index contributed by atoms with van der Waals surface area (Å²) in [7, 11) is -9.80. The summed E-state index contributed by atoms with van der Waals surface area (Å²) in [5, 5.41) is 20.7. The molecule has 0 rings (SSSR count). The van der Waals surface area contributed by atoms with Crippen molar-refractivity contribution in [2.24, 2.45) is 0 Å². The summed E-state index contributed by atoms with van der Waals surface area (Å²) in [5.74, 6) is -1.58. The Labute approximate surface area is 715 Å². The second-order valence-electron chi connectivity index (χ2n) is 31.8. The molecule has 117 heavy (non-hydrogen) atoms. The second-order valence-corrected chi connectivity index (χ2v) is 34.7. The van der Waals surface area contributed by atoms with Crippen molar-refractivity contribution in [3.8, 4) is 0 Å². The van der Waals surface area contributed by atoms with Gasteiger partial charge >= 0.3 is 33.6 Å². The third kappa shape index (κ3) is 92.3. The number of ether oxygens (including phenoxy) is 3. The minimum absolute atomic E-state index is 0.0851. The molecular formula is C99H174O16P2. The molecule has 0 aromatic heterocycles. The van der Waals surface area contributed by atoms with Gasteiger partial charge in [-0.05, 0) is 141 Å². The van der Waals surface area contributed by atoms with Crippen LogP contribution >= 0.6 is 15.6 Å². The Kier molecular flexibility index (Phi) is 87.6. The highest BCUT2D eigenvalue weighted by Crippen LogP contribution is 2.45. The monoisotopic (exact) mass is 1680 g/mol. The predicted octanol–water partition coefficient (Wildman–Crippen LogP) is 29.3. The number of aliphatic hydroxyl groups is 2. The van der Waals surface area contributed by atoms with Gasteiger partial charge < -0.3 is 34.2 Å². The van der Waals surface area contributed by atoms with Crippen molar-refractivity contribution in [2.75, 3.05) is 39.6 Å². The molecule has 4 N–H and O–H groups in total. The largest absolute Gasteiger partial charge is 0.472 e. The van der Waals surface area contributed by atoms with Gasteiger partial charge in [-0.2, -0.15) is 0 Å². The quantitative estimate of drug-likeness (QED) is 0.0146. The number of allylic oxidation sites excluding steroid dienone is 22. The maximum absolute atomic E-state index is 13.0. The summed E-state index contributed by atoms with van der Waals surface area (Å²) in [5.41, 5.74) is 0. The topological polar surface area (TPSA) is 231 Å². The van der Waals surface area contributed by atoms with E-state index < -0.39 is 91.5 Å². The first-order chi connectivity index (χ1) is 57.2. The average molecular weight is 1680 g/mol. The molecule has 0 aliphatic carbocycles. The van der Waals surface area contributed by atoms with Gasteiger partial charge in [0.25, 0.3) is 0 Å². The van der Waals surface area contributed by atoms with Crippen LogP contribution in [0.5, 0.6) is 0 Å². The highest BCUT2D eigenvalue weighted by Gasteiger charge is 2.30. The minimum atomic E-state index is -4.94. The van der Waals surface area contributed by atoms with Gasteiger partial charge in [-0.25, -0.2) is 9.13 Å². The highest BCUT2D eigenvalue weighted by molar-refractivity contribution is 7.47. The first-order valence-corrected chi connectivity index (χ1v) is 50.5. The Hall–Kier alpha value is -4.31. The molecule has 5 atom stereocenters. The van der Waals surface area contributed by atoms with E-state index >= 15 is 0 Å². The molecule has 0 amide bonds. The fourth-order valence-corrected chi connectivity index (χ4v) is 14.7. The number of aliphatic hydroxyl groups excluding tert-OH is 2. The fraction of sp³-hybridized carbons (Fsp3) is 0.747. The Morgan fingerprint density at radius 3 is 0.718 bits per heavy atom. The lowest BCUT2D eigenvalue weighted by Gasteiger charge is -2.21. The zero-order valence-electron chi connectivity index (χ0n) is 74.6. The first kappa shape index (κ1) is 113. The molecule has 0 saturated heterocycles. The summed E-state index contributed by atoms with van der Waals surface area (Å²) >= 11 is 0. The minimum Gasteiger partial charge on any atom is -0.463 e. The smallest absolute Gasteiger partial charge is 0.463 e. The number of phosphoric acid groups is 2. The standard InChI is InChI=1S/C99H174O16P2/c1-4-7-10-13-16-19-22-25-28-30-32-34-36-38-40-42-44-46-48-50-52-54-56-58-60-62-65-67-70-73-76-79-82-85-97(102)109-88-94(100)89-111-116(105,106)112-90-95(101)91-113-117(107,108)114-93-96(115-99(104)87-84-81-78-75-72-69-64-27-24-21-18-15-12-9-6-3)92-110-98(103)86-83-80-77-74-71-68-66-63-61-59-57-55-53-51-49-47-45-43-41-39-37-35-33-31-29-26-23-20-17-14-11-8-5-2/h9,12,16-21,25-29,32-35,38-41,64,94-96,100-101H,4-8,10-11,13-15,22-24,30-31,36-37,42-63,65-93H2,1-3H3,(H,105,106)(H,107,108)/b12-9-,19-16-,20-17-,21-18-,28-25-,29-26-,34-32-,35-33-,40-38-,41-39-,64-27-. The predicted molar refractivity (Wildman–Crippen MR) is 491 cm³/mol. The van der Waals surface area contributed by atoms with Gasteiger partial charge in [-0.3, -0.25) is 32.5 Å². The van der Waals surface area contributed by atoms with Crippen LogP contribution < -0.4 is 0 Å². The number of hydrogen-bond donors (Lipinski definition) is 4. The van der Waals surface area contributed by atoms with Crippen LogP contribution in [0, 0.1) is 0 Å². The number of hydrogen-bond acceptors (Lipinski definition) is 14. The van der Waals surface area contributed by atoms with E-state index in [4.69, 9.17) is 32.3 Å². The van der Waals surface area contributed by atoms with Crippen molar-refractivity contribution in [3.63, 3.8) is 0 Å². The Morgan fingerprint density at radius 1 is 0.248 bits per heavy atom. The number of phosphoric ester groups is 2. The Bertz CT molecular complexity index is 2660. The van der Waals surface area contributed by atoms with Crippen LogP contribution in [-0.4, -0.2) is 95.9 Å². The summed E-state index contributed by atoms with van der Waals surface area (Å²) in [6.45, 7) is 2.55. The van der Waals surface area contributed by atoms with Gasteiger partial charge in [0.1, 0.15) is 25.4 Å². The molecule has 0 aromatic rings. The van der Waals surface area contributed by atoms with E-state index in [1.54, 1.807) is 0 Å². The van der Waals surface area contributed by atoms with Crippen LogP contribution in [0.2, 0.25) is 0 Å². The zero-order chi connectivity index (χ0) is 85.1. The van der Waals surface area contributed by atoms with E-state index in [2.05, 4.69) is 154 Å². The third-order valence-corrected chi connectivity index (χ3v) is 22.2. The molecule has 0 aliphatic heterocycles.